The number of imidazole rings is 1. The van der Waals surface area contributed by atoms with Crippen molar-refractivity contribution in [3.05, 3.63) is 30.1 Å². The molecule has 5 nitrogen and oxygen atoms in total. The largest absolute Gasteiger partial charge is 0.466 e. The van der Waals surface area contributed by atoms with Crippen molar-refractivity contribution in [1.29, 1.82) is 5.26 Å². The molecule has 104 valence electrons. The maximum Gasteiger partial charge on any atom is 0.310 e. The summed E-state index contributed by atoms with van der Waals surface area (Å²) >= 11 is 0. The van der Waals surface area contributed by atoms with Gasteiger partial charge < -0.3 is 9.30 Å². The Morgan fingerprint density at radius 1 is 1.50 bits per heavy atom. The smallest absolute Gasteiger partial charge is 0.310 e. The molecule has 20 heavy (non-hydrogen) atoms. The number of carbonyl (C=O) groups is 1. The summed E-state index contributed by atoms with van der Waals surface area (Å²) in [4.78, 5) is 16.2. The highest BCUT2D eigenvalue weighted by Gasteiger charge is 2.18. The molecule has 1 aromatic carbocycles. The number of esters is 1. The van der Waals surface area contributed by atoms with Gasteiger partial charge in [-0.25, -0.2) is 4.98 Å². The number of rotatable bonds is 5. The lowest BCUT2D eigenvalue weighted by atomic mass is 10.2. The van der Waals surface area contributed by atoms with Crippen LogP contribution in [0.4, 0.5) is 0 Å². The minimum atomic E-state index is -0.273. The van der Waals surface area contributed by atoms with Crippen molar-refractivity contribution in [3.8, 4) is 6.07 Å². The predicted molar refractivity (Wildman–Crippen MR) is 74.8 cm³/mol. The first-order valence-electron chi connectivity index (χ1n) is 6.65. The van der Waals surface area contributed by atoms with Crippen LogP contribution in [0.2, 0.25) is 0 Å². The molecular weight excluding hydrogens is 254 g/mol. The van der Waals surface area contributed by atoms with Crippen LogP contribution in [0.15, 0.2) is 24.3 Å². The van der Waals surface area contributed by atoms with Crippen molar-refractivity contribution in [1.82, 2.24) is 9.55 Å². The highest BCUT2D eigenvalue weighted by Crippen LogP contribution is 2.18. The van der Waals surface area contributed by atoms with Crippen LogP contribution in [-0.2, 0) is 22.5 Å². The van der Waals surface area contributed by atoms with Gasteiger partial charge in [0.2, 0.25) is 0 Å². The molecule has 2 aromatic rings. The first-order valence-corrected chi connectivity index (χ1v) is 6.65. The maximum atomic E-state index is 11.8. The predicted octanol–water partition coefficient (Wildman–Crippen LogP) is 2.30. The van der Waals surface area contributed by atoms with Crippen LogP contribution in [0.1, 0.15) is 19.7 Å². The highest BCUT2D eigenvalue weighted by molar-refractivity contribution is 5.77. The van der Waals surface area contributed by atoms with Crippen LogP contribution >= 0.6 is 0 Å². The molecular formula is C15H17N3O2. The van der Waals surface area contributed by atoms with E-state index in [0.717, 1.165) is 11.0 Å². The molecule has 0 aliphatic carbocycles. The second-order valence-corrected chi connectivity index (χ2v) is 4.62. The van der Waals surface area contributed by atoms with Gasteiger partial charge >= 0.3 is 5.97 Å². The van der Waals surface area contributed by atoms with E-state index in [1.165, 1.54) is 0 Å². The fourth-order valence-electron chi connectivity index (χ4n) is 2.17. The highest BCUT2D eigenvalue weighted by atomic mass is 16.5. The number of fused-ring (bicyclic) bond motifs is 1. The summed E-state index contributed by atoms with van der Waals surface area (Å²) < 4.78 is 6.96. The number of para-hydroxylation sites is 2. The summed E-state index contributed by atoms with van der Waals surface area (Å²) in [5.41, 5.74) is 1.78. The van der Waals surface area contributed by atoms with Gasteiger partial charge in [-0.2, -0.15) is 5.26 Å². The van der Waals surface area contributed by atoms with Crippen LogP contribution in [0.5, 0.6) is 0 Å². The molecule has 5 heteroatoms. The van der Waals surface area contributed by atoms with E-state index in [2.05, 4.69) is 11.1 Å². The standard InChI is InChI=1S/C15H17N3O2/c1-3-20-15(19)11(2)10-18-13-7-5-4-6-12(13)17-14(18)8-9-16/h4-7,11H,3,8,10H2,1-2H3. The first-order chi connectivity index (χ1) is 9.67. The molecule has 0 saturated heterocycles. The zero-order valence-electron chi connectivity index (χ0n) is 11.7. The van der Waals surface area contributed by atoms with Gasteiger partial charge in [0.05, 0.1) is 36.0 Å². The molecule has 0 spiro atoms. The lowest BCUT2D eigenvalue weighted by Crippen LogP contribution is -2.21. The number of ether oxygens (including phenoxy) is 1. The van der Waals surface area contributed by atoms with Gasteiger partial charge in [-0.3, -0.25) is 4.79 Å². The van der Waals surface area contributed by atoms with Gasteiger partial charge in [0.1, 0.15) is 5.82 Å². The average molecular weight is 271 g/mol. The Kier molecular flexibility index (Phi) is 4.36. The van der Waals surface area contributed by atoms with Crippen molar-refractivity contribution in [2.24, 2.45) is 5.92 Å². The summed E-state index contributed by atoms with van der Waals surface area (Å²) in [5.74, 6) is 0.183. The van der Waals surface area contributed by atoms with Crippen molar-refractivity contribution in [2.75, 3.05) is 6.61 Å². The third kappa shape index (κ3) is 2.80. The lowest BCUT2D eigenvalue weighted by Gasteiger charge is -2.13. The Hall–Kier alpha value is -2.35. The van der Waals surface area contributed by atoms with Crippen molar-refractivity contribution in [2.45, 2.75) is 26.8 Å². The van der Waals surface area contributed by atoms with E-state index >= 15 is 0 Å². The number of aromatic nitrogens is 2. The molecule has 0 aliphatic heterocycles. The van der Waals surface area contributed by atoms with Gasteiger partial charge in [-0.1, -0.05) is 19.1 Å². The minimum Gasteiger partial charge on any atom is -0.466 e. The normalized spacial score (nSPS) is 12.1. The Balaban J connectivity index is 2.34. The number of nitriles is 1. The monoisotopic (exact) mass is 271 g/mol. The maximum absolute atomic E-state index is 11.8. The fourth-order valence-corrected chi connectivity index (χ4v) is 2.17. The molecule has 1 atom stereocenters. The zero-order valence-corrected chi connectivity index (χ0v) is 11.7. The van der Waals surface area contributed by atoms with Crippen LogP contribution in [0, 0.1) is 17.2 Å². The number of benzene rings is 1. The van der Waals surface area contributed by atoms with Crippen molar-refractivity contribution < 1.29 is 9.53 Å². The molecule has 1 unspecified atom stereocenters. The van der Waals surface area contributed by atoms with Crippen molar-refractivity contribution >= 4 is 17.0 Å². The van der Waals surface area contributed by atoms with Crippen LogP contribution < -0.4 is 0 Å². The molecule has 0 fully saturated rings. The van der Waals surface area contributed by atoms with Crippen LogP contribution in [-0.4, -0.2) is 22.1 Å². The number of hydrogen-bond acceptors (Lipinski definition) is 4. The Labute approximate surface area is 117 Å². The SMILES string of the molecule is CCOC(=O)C(C)Cn1c(CC#N)nc2ccccc21. The Morgan fingerprint density at radius 2 is 2.25 bits per heavy atom. The van der Waals surface area contributed by atoms with Gasteiger partial charge in [-0.15, -0.1) is 0 Å². The lowest BCUT2D eigenvalue weighted by molar-refractivity contribution is -0.147. The molecule has 1 heterocycles. The Bertz CT molecular complexity index is 655. The summed E-state index contributed by atoms with van der Waals surface area (Å²) in [5, 5.41) is 8.90. The summed E-state index contributed by atoms with van der Waals surface area (Å²) in [6, 6.07) is 9.79. The Morgan fingerprint density at radius 3 is 2.95 bits per heavy atom. The number of carbonyl (C=O) groups excluding carboxylic acids is 1. The third-order valence-corrected chi connectivity index (χ3v) is 3.12. The zero-order chi connectivity index (χ0) is 14.5. The van der Waals surface area contributed by atoms with E-state index in [-0.39, 0.29) is 18.3 Å². The molecule has 2 rings (SSSR count). The topological polar surface area (TPSA) is 67.9 Å². The van der Waals surface area contributed by atoms with E-state index in [0.29, 0.717) is 19.0 Å². The van der Waals surface area contributed by atoms with Crippen LogP contribution in [0.3, 0.4) is 0 Å². The van der Waals surface area contributed by atoms with Gasteiger partial charge in [-0.05, 0) is 19.1 Å². The molecule has 0 bridgehead atoms. The van der Waals surface area contributed by atoms with E-state index < -0.39 is 0 Å². The average Bonchev–Trinajstić information content (AvgIpc) is 2.78. The number of nitrogens with zero attached hydrogens (tertiary/aromatic N) is 3. The summed E-state index contributed by atoms with van der Waals surface area (Å²) in [7, 11) is 0. The van der Waals surface area contributed by atoms with E-state index in [1.54, 1.807) is 6.92 Å². The molecule has 1 aromatic heterocycles. The van der Waals surface area contributed by atoms with Gasteiger partial charge in [0.25, 0.3) is 0 Å². The van der Waals surface area contributed by atoms with Crippen LogP contribution in [0.25, 0.3) is 11.0 Å². The molecule has 0 saturated carbocycles. The second kappa shape index (κ2) is 6.20. The molecule has 0 amide bonds. The molecule has 0 aliphatic rings. The van der Waals surface area contributed by atoms with Gasteiger partial charge in [0, 0.05) is 6.54 Å². The minimum absolute atomic E-state index is 0.226. The van der Waals surface area contributed by atoms with E-state index in [4.69, 9.17) is 10.00 Å². The first kappa shape index (κ1) is 14.1. The number of hydrogen-bond donors (Lipinski definition) is 0. The van der Waals surface area contributed by atoms with Gasteiger partial charge in [0.15, 0.2) is 0 Å². The fraction of sp³-hybridized carbons (Fsp3) is 0.400. The van der Waals surface area contributed by atoms with E-state index in [9.17, 15) is 4.79 Å². The third-order valence-electron chi connectivity index (χ3n) is 3.12. The van der Waals surface area contributed by atoms with Crippen molar-refractivity contribution in [3.63, 3.8) is 0 Å². The second-order valence-electron chi connectivity index (χ2n) is 4.62. The molecule has 0 N–H and O–H groups in total. The van der Waals surface area contributed by atoms with E-state index in [1.807, 2.05) is 35.8 Å². The molecule has 0 radical (unpaired) electrons. The summed E-state index contributed by atoms with van der Waals surface area (Å²) in [6.45, 7) is 4.45. The quantitative estimate of drug-likeness (QED) is 0.782. The summed E-state index contributed by atoms with van der Waals surface area (Å²) in [6.07, 6.45) is 0.226.